The van der Waals surface area contributed by atoms with Gasteiger partial charge >= 0.3 is 0 Å². The summed E-state index contributed by atoms with van der Waals surface area (Å²) in [6, 6.07) is 7.49. The van der Waals surface area contributed by atoms with Crippen LogP contribution in [0.3, 0.4) is 0 Å². The SMILES string of the molecule is CCc1ccc(C)c(C2CCCN2)c1. The predicted molar refractivity (Wildman–Crippen MR) is 60.5 cm³/mol. The Morgan fingerprint density at radius 1 is 1.43 bits per heavy atom. The lowest BCUT2D eigenvalue weighted by Crippen LogP contribution is -2.14. The Hall–Kier alpha value is -0.820. The smallest absolute Gasteiger partial charge is 0.0323 e. The van der Waals surface area contributed by atoms with E-state index in [9.17, 15) is 0 Å². The molecule has 1 heteroatoms. The summed E-state index contributed by atoms with van der Waals surface area (Å²) in [5.74, 6) is 0. The van der Waals surface area contributed by atoms with Gasteiger partial charge in [-0.1, -0.05) is 25.1 Å². The molecule has 0 aromatic heterocycles. The van der Waals surface area contributed by atoms with Gasteiger partial charge in [0, 0.05) is 6.04 Å². The van der Waals surface area contributed by atoms with E-state index < -0.39 is 0 Å². The second kappa shape index (κ2) is 4.14. The lowest BCUT2D eigenvalue weighted by molar-refractivity contribution is 0.643. The molecular formula is C13H19N. The van der Waals surface area contributed by atoms with Crippen molar-refractivity contribution >= 4 is 0 Å². The van der Waals surface area contributed by atoms with Crippen LogP contribution in [0.1, 0.15) is 42.5 Å². The third-order valence-electron chi connectivity index (χ3n) is 3.19. The fourth-order valence-corrected chi connectivity index (χ4v) is 2.24. The standard InChI is InChI=1S/C13H19N/c1-3-11-7-6-10(2)12(9-11)13-5-4-8-14-13/h6-7,9,13-14H,3-5,8H2,1-2H3. The third kappa shape index (κ3) is 1.83. The fraction of sp³-hybridized carbons (Fsp3) is 0.538. The van der Waals surface area contributed by atoms with Crippen molar-refractivity contribution in [3.05, 3.63) is 34.9 Å². The molecule has 1 heterocycles. The third-order valence-corrected chi connectivity index (χ3v) is 3.19. The van der Waals surface area contributed by atoms with Gasteiger partial charge in [-0.25, -0.2) is 0 Å². The van der Waals surface area contributed by atoms with Crippen molar-refractivity contribution in [3.63, 3.8) is 0 Å². The quantitative estimate of drug-likeness (QED) is 0.754. The van der Waals surface area contributed by atoms with Crippen molar-refractivity contribution in [1.82, 2.24) is 5.32 Å². The number of hydrogen-bond acceptors (Lipinski definition) is 1. The number of benzene rings is 1. The summed E-state index contributed by atoms with van der Waals surface area (Å²) in [5.41, 5.74) is 4.41. The van der Waals surface area contributed by atoms with Gasteiger partial charge in [0.05, 0.1) is 0 Å². The Balaban J connectivity index is 2.29. The van der Waals surface area contributed by atoms with Crippen LogP contribution >= 0.6 is 0 Å². The van der Waals surface area contributed by atoms with E-state index in [4.69, 9.17) is 0 Å². The summed E-state index contributed by atoms with van der Waals surface area (Å²) in [7, 11) is 0. The number of nitrogens with one attached hydrogen (secondary N) is 1. The van der Waals surface area contributed by atoms with E-state index in [1.165, 1.54) is 36.1 Å². The minimum atomic E-state index is 0.612. The van der Waals surface area contributed by atoms with E-state index in [1.807, 2.05) is 0 Å². The summed E-state index contributed by atoms with van der Waals surface area (Å²) in [4.78, 5) is 0. The minimum absolute atomic E-state index is 0.612. The lowest BCUT2D eigenvalue weighted by atomic mass is 9.97. The van der Waals surface area contributed by atoms with E-state index in [0.717, 1.165) is 6.42 Å². The molecule has 1 fully saturated rings. The topological polar surface area (TPSA) is 12.0 Å². The van der Waals surface area contributed by atoms with E-state index in [0.29, 0.717) is 6.04 Å². The fourth-order valence-electron chi connectivity index (χ4n) is 2.24. The molecule has 1 N–H and O–H groups in total. The monoisotopic (exact) mass is 189 g/mol. The van der Waals surface area contributed by atoms with E-state index in [2.05, 4.69) is 37.4 Å². The van der Waals surface area contributed by atoms with Crippen LogP contribution in [0.15, 0.2) is 18.2 Å². The highest BCUT2D eigenvalue weighted by molar-refractivity contribution is 5.34. The van der Waals surface area contributed by atoms with Crippen molar-refractivity contribution in [2.24, 2.45) is 0 Å². The van der Waals surface area contributed by atoms with Crippen LogP contribution in [0.4, 0.5) is 0 Å². The van der Waals surface area contributed by atoms with Crippen molar-refractivity contribution in [2.75, 3.05) is 6.54 Å². The normalized spacial score (nSPS) is 21.4. The first kappa shape index (κ1) is 9.72. The van der Waals surface area contributed by atoms with Gasteiger partial charge in [-0.2, -0.15) is 0 Å². The van der Waals surface area contributed by atoms with Crippen molar-refractivity contribution < 1.29 is 0 Å². The van der Waals surface area contributed by atoms with Gasteiger partial charge in [0.2, 0.25) is 0 Å². The van der Waals surface area contributed by atoms with Gasteiger partial charge in [-0.15, -0.1) is 0 Å². The summed E-state index contributed by atoms with van der Waals surface area (Å²) in [5, 5.41) is 3.57. The van der Waals surface area contributed by atoms with Gasteiger partial charge in [0.15, 0.2) is 0 Å². The molecule has 0 radical (unpaired) electrons. The van der Waals surface area contributed by atoms with Crippen LogP contribution < -0.4 is 5.32 Å². The van der Waals surface area contributed by atoms with Crippen LogP contribution in [0.2, 0.25) is 0 Å². The molecule has 1 unspecified atom stereocenters. The molecule has 0 bridgehead atoms. The van der Waals surface area contributed by atoms with Crippen molar-refractivity contribution in [2.45, 2.75) is 39.2 Å². The summed E-state index contributed by atoms with van der Waals surface area (Å²) >= 11 is 0. The Bertz CT molecular complexity index is 311. The highest BCUT2D eigenvalue weighted by Gasteiger charge is 2.17. The van der Waals surface area contributed by atoms with Gasteiger partial charge in [0.1, 0.15) is 0 Å². The molecule has 1 nitrogen and oxygen atoms in total. The highest BCUT2D eigenvalue weighted by Crippen LogP contribution is 2.26. The van der Waals surface area contributed by atoms with Crippen molar-refractivity contribution in [1.29, 1.82) is 0 Å². The molecule has 1 aliphatic rings. The molecule has 76 valence electrons. The maximum atomic E-state index is 3.57. The first-order valence-electron chi connectivity index (χ1n) is 5.64. The molecule has 1 atom stereocenters. The van der Waals surface area contributed by atoms with E-state index >= 15 is 0 Å². The zero-order valence-electron chi connectivity index (χ0n) is 9.14. The summed E-state index contributed by atoms with van der Waals surface area (Å²) < 4.78 is 0. The van der Waals surface area contributed by atoms with Crippen LogP contribution in [-0.4, -0.2) is 6.54 Å². The molecule has 1 aromatic rings. The van der Waals surface area contributed by atoms with Gasteiger partial charge < -0.3 is 5.32 Å². The van der Waals surface area contributed by atoms with E-state index in [-0.39, 0.29) is 0 Å². The largest absolute Gasteiger partial charge is 0.310 e. The second-order valence-electron chi connectivity index (χ2n) is 4.19. The Kier molecular flexibility index (Phi) is 2.87. The molecule has 2 rings (SSSR count). The maximum Gasteiger partial charge on any atom is 0.0323 e. The van der Waals surface area contributed by atoms with Crippen LogP contribution in [0.5, 0.6) is 0 Å². The average Bonchev–Trinajstić information content (AvgIpc) is 2.71. The average molecular weight is 189 g/mol. The molecule has 1 saturated heterocycles. The van der Waals surface area contributed by atoms with Crippen molar-refractivity contribution in [3.8, 4) is 0 Å². The van der Waals surface area contributed by atoms with Crippen LogP contribution in [0.25, 0.3) is 0 Å². The Labute approximate surface area is 86.5 Å². The van der Waals surface area contributed by atoms with Crippen LogP contribution in [0, 0.1) is 6.92 Å². The summed E-state index contributed by atoms with van der Waals surface area (Å²) in [6.07, 6.45) is 3.76. The lowest BCUT2D eigenvalue weighted by Gasteiger charge is -2.15. The molecule has 0 saturated carbocycles. The first-order chi connectivity index (χ1) is 6.81. The summed E-state index contributed by atoms with van der Waals surface area (Å²) in [6.45, 7) is 5.62. The zero-order valence-corrected chi connectivity index (χ0v) is 9.14. The Morgan fingerprint density at radius 2 is 2.29 bits per heavy atom. The minimum Gasteiger partial charge on any atom is -0.310 e. The molecule has 0 amide bonds. The van der Waals surface area contributed by atoms with Gasteiger partial charge in [-0.3, -0.25) is 0 Å². The molecule has 1 aromatic carbocycles. The molecule has 0 aliphatic carbocycles. The maximum absolute atomic E-state index is 3.57. The molecule has 0 spiro atoms. The van der Waals surface area contributed by atoms with Gasteiger partial charge in [-0.05, 0) is 49.4 Å². The number of hydrogen-bond donors (Lipinski definition) is 1. The van der Waals surface area contributed by atoms with E-state index in [1.54, 1.807) is 0 Å². The highest BCUT2D eigenvalue weighted by atomic mass is 14.9. The molecule has 1 aliphatic heterocycles. The number of aryl methyl sites for hydroxylation is 2. The van der Waals surface area contributed by atoms with Gasteiger partial charge in [0.25, 0.3) is 0 Å². The predicted octanol–water partition coefficient (Wildman–Crippen LogP) is 2.98. The van der Waals surface area contributed by atoms with Crippen LogP contribution in [-0.2, 0) is 6.42 Å². The molecular weight excluding hydrogens is 170 g/mol. The first-order valence-corrected chi connectivity index (χ1v) is 5.64. The number of rotatable bonds is 2. The second-order valence-corrected chi connectivity index (χ2v) is 4.19. The molecule has 14 heavy (non-hydrogen) atoms. The Morgan fingerprint density at radius 3 is 2.93 bits per heavy atom. The zero-order chi connectivity index (χ0) is 9.97.